The number of hydrogen-bond acceptors (Lipinski definition) is 5. The van der Waals surface area contributed by atoms with Gasteiger partial charge in [0.2, 0.25) is 0 Å². The summed E-state index contributed by atoms with van der Waals surface area (Å²) in [5.41, 5.74) is 7.34. The maximum atomic E-state index is 11.9. The second-order valence-corrected chi connectivity index (χ2v) is 5.23. The fourth-order valence-electron chi connectivity index (χ4n) is 1.99. The molecule has 25 heavy (non-hydrogen) atoms. The van der Waals surface area contributed by atoms with Gasteiger partial charge in [-0.15, -0.1) is 0 Å². The molecule has 0 atom stereocenters. The summed E-state index contributed by atoms with van der Waals surface area (Å²) in [6.45, 7) is 1.94. The smallest absolute Gasteiger partial charge is 0.337 e. The van der Waals surface area contributed by atoms with Gasteiger partial charge in [0, 0.05) is 23.4 Å². The van der Waals surface area contributed by atoms with Crippen LogP contribution < -0.4 is 10.9 Å². The van der Waals surface area contributed by atoms with E-state index in [1.807, 2.05) is 19.1 Å². The van der Waals surface area contributed by atoms with Gasteiger partial charge in [0.05, 0.1) is 12.7 Å². The molecule has 1 amide bonds. The summed E-state index contributed by atoms with van der Waals surface area (Å²) in [6, 6.07) is 13.2. The number of methoxy groups -OCH3 is 1. The van der Waals surface area contributed by atoms with Gasteiger partial charge in [0.1, 0.15) is 0 Å². The summed E-state index contributed by atoms with van der Waals surface area (Å²) < 4.78 is 4.59. The Morgan fingerprint density at radius 2 is 1.44 bits per heavy atom. The van der Waals surface area contributed by atoms with Gasteiger partial charge in [-0.2, -0.15) is 0 Å². The standard InChI is InChI=1S/C19H18N2O4/c1-13-3-5-14(6-4-13)17(22)11-12-20-21-18(23)15-7-9-16(10-8-15)19(24)25-2/h3-12,20H,1-2H3,(H,21,23)/b12-11-. The molecule has 0 bridgehead atoms. The molecule has 0 radical (unpaired) electrons. The van der Waals surface area contributed by atoms with Crippen LogP contribution in [-0.4, -0.2) is 24.8 Å². The highest BCUT2D eigenvalue weighted by atomic mass is 16.5. The molecule has 6 heteroatoms. The van der Waals surface area contributed by atoms with Crippen LogP contribution in [0.3, 0.4) is 0 Å². The number of ether oxygens (including phenoxy) is 1. The van der Waals surface area contributed by atoms with Crippen molar-refractivity contribution in [3.05, 3.63) is 83.1 Å². The van der Waals surface area contributed by atoms with Crippen molar-refractivity contribution in [3.8, 4) is 0 Å². The molecule has 0 spiro atoms. The molecule has 0 aromatic heterocycles. The third-order valence-corrected chi connectivity index (χ3v) is 3.41. The quantitative estimate of drug-likeness (QED) is 0.366. The van der Waals surface area contributed by atoms with Crippen LogP contribution in [0.5, 0.6) is 0 Å². The zero-order valence-electron chi connectivity index (χ0n) is 13.9. The number of amides is 1. The molecule has 128 valence electrons. The summed E-state index contributed by atoms with van der Waals surface area (Å²) >= 11 is 0. The van der Waals surface area contributed by atoms with Crippen molar-refractivity contribution >= 4 is 17.7 Å². The van der Waals surface area contributed by atoms with Gasteiger partial charge in [-0.05, 0) is 31.2 Å². The van der Waals surface area contributed by atoms with Crippen LogP contribution in [0, 0.1) is 6.92 Å². The van der Waals surface area contributed by atoms with Crippen LogP contribution in [-0.2, 0) is 4.74 Å². The Hall–Kier alpha value is -3.41. The third kappa shape index (κ3) is 5.04. The number of aryl methyl sites for hydroxylation is 1. The SMILES string of the molecule is COC(=O)c1ccc(C(=O)NN/C=C\C(=O)c2ccc(C)cc2)cc1. The van der Waals surface area contributed by atoms with E-state index in [0.29, 0.717) is 16.7 Å². The van der Waals surface area contributed by atoms with E-state index in [2.05, 4.69) is 15.6 Å². The molecule has 0 aliphatic rings. The predicted octanol–water partition coefficient (Wildman–Crippen LogP) is 2.41. The minimum atomic E-state index is -0.470. The van der Waals surface area contributed by atoms with Crippen LogP contribution in [0.4, 0.5) is 0 Å². The lowest BCUT2D eigenvalue weighted by molar-refractivity contribution is 0.0600. The molecule has 6 nitrogen and oxygen atoms in total. The number of allylic oxidation sites excluding steroid dienone is 1. The highest BCUT2D eigenvalue weighted by Gasteiger charge is 2.08. The highest BCUT2D eigenvalue weighted by molar-refractivity contribution is 6.04. The molecule has 0 aliphatic carbocycles. The number of hydrazine groups is 1. The Morgan fingerprint density at radius 1 is 0.880 bits per heavy atom. The number of carbonyl (C=O) groups excluding carboxylic acids is 3. The van der Waals surface area contributed by atoms with Gasteiger partial charge in [0.25, 0.3) is 5.91 Å². The van der Waals surface area contributed by atoms with Gasteiger partial charge in [-0.25, -0.2) is 4.79 Å². The van der Waals surface area contributed by atoms with Crippen molar-refractivity contribution in [3.63, 3.8) is 0 Å². The monoisotopic (exact) mass is 338 g/mol. The zero-order chi connectivity index (χ0) is 18.2. The molecule has 2 N–H and O–H groups in total. The van der Waals surface area contributed by atoms with Crippen molar-refractivity contribution in [2.75, 3.05) is 7.11 Å². The number of benzene rings is 2. The van der Waals surface area contributed by atoms with Crippen molar-refractivity contribution in [1.82, 2.24) is 10.9 Å². The number of ketones is 1. The molecule has 2 aromatic rings. The van der Waals surface area contributed by atoms with Crippen molar-refractivity contribution in [2.24, 2.45) is 0 Å². The Balaban J connectivity index is 1.86. The molecule has 0 saturated heterocycles. The normalized spacial score (nSPS) is 10.3. The average Bonchev–Trinajstić information content (AvgIpc) is 2.65. The summed E-state index contributed by atoms with van der Waals surface area (Å²) in [5, 5.41) is 0. The molecule has 0 fully saturated rings. The van der Waals surface area contributed by atoms with E-state index >= 15 is 0 Å². The second kappa shape index (κ2) is 8.44. The highest BCUT2D eigenvalue weighted by Crippen LogP contribution is 2.06. The minimum Gasteiger partial charge on any atom is -0.465 e. The molecule has 2 aromatic carbocycles. The summed E-state index contributed by atoms with van der Waals surface area (Å²) in [7, 11) is 1.29. The largest absolute Gasteiger partial charge is 0.465 e. The Labute approximate surface area is 145 Å². The molecule has 0 aliphatic heterocycles. The van der Waals surface area contributed by atoms with E-state index in [1.165, 1.54) is 43.7 Å². The van der Waals surface area contributed by atoms with Crippen LogP contribution in [0.1, 0.15) is 36.6 Å². The molecule has 0 heterocycles. The van der Waals surface area contributed by atoms with Crippen LogP contribution in [0.15, 0.2) is 60.8 Å². The van der Waals surface area contributed by atoms with Crippen LogP contribution in [0.25, 0.3) is 0 Å². The third-order valence-electron chi connectivity index (χ3n) is 3.41. The van der Waals surface area contributed by atoms with Gasteiger partial charge < -0.3 is 10.2 Å². The van der Waals surface area contributed by atoms with E-state index in [1.54, 1.807) is 12.1 Å². The first kappa shape index (κ1) is 17.9. The number of esters is 1. The lowest BCUT2D eigenvalue weighted by Crippen LogP contribution is -2.33. The fourth-order valence-corrected chi connectivity index (χ4v) is 1.99. The summed E-state index contributed by atoms with van der Waals surface area (Å²) in [4.78, 5) is 35.2. The van der Waals surface area contributed by atoms with Gasteiger partial charge >= 0.3 is 5.97 Å². The molecule has 0 saturated carbocycles. The zero-order valence-corrected chi connectivity index (χ0v) is 13.9. The molecular weight excluding hydrogens is 320 g/mol. The minimum absolute atomic E-state index is 0.177. The predicted molar refractivity (Wildman–Crippen MR) is 93.0 cm³/mol. The van der Waals surface area contributed by atoms with E-state index in [9.17, 15) is 14.4 Å². The fraction of sp³-hybridized carbons (Fsp3) is 0.105. The van der Waals surface area contributed by atoms with E-state index in [-0.39, 0.29) is 5.78 Å². The van der Waals surface area contributed by atoms with Crippen LogP contribution >= 0.6 is 0 Å². The Morgan fingerprint density at radius 3 is 2.04 bits per heavy atom. The topological polar surface area (TPSA) is 84.5 Å². The number of rotatable bonds is 6. The van der Waals surface area contributed by atoms with Gasteiger partial charge in [-0.3, -0.25) is 15.0 Å². The Kier molecular flexibility index (Phi) is 6.06. The Bertz CT molecular complexity index is 793. The molecule has 2 rings (SSSR count). The second-order valence-electron chi connectivity index (χ2n) is 5.23. The maximum absolute atomic E-state index is 11.9. The lowest BCUT2D eigenvalue weighted by atomic mass is 10.1. The molecule has 0 unspecified atom stereocenters. The summed E-state index contributed by atoms with van der Waals surface area (Å²) in [6.07, 6.45) is 2.67. The van der Waals surface area contributed by atoms with Crippen molar-refractivity contribution in [2.45, 2.75) is 6.92 Å². The number of hydrogen-bond donors (Lipinski definition) is 2. The number of nitrogens with one attached hydrogen (secondary N) is 2. The first-order valence-electron chi connectivity index (χ1n) is 7.53. The average molecular weight is 338 g/mol. The van der Waals surface area contributed by atoms with Gasteiger partial charge in [-0.1, -0.05) is 29.8 Å². The summed E-state index contributed by atoms with van der Waals surface area (Å²) in [5.74, 6) is -1.05. The number of carbonyl (C=O) groups is 3. The van der Waals surface area contributed by atoms with Crippen molar-refractivity contribution < 1.29 is 19.1 Å². The lowest BCUT2D eigenvalue weighted by Gasteiger charge is -2.05. The maximum Gasteiger partial charge on any atom is 0.337 e. The van der Waals surface area contributed by atoms with Crippen LogP contribution in [0.2, 0.25) is 0 Å². The van der Waals surface area contributed by atoms with Crippen molar-refractivity contribution in [1.29, 1.82) is 0 Å². The first-order chi connectivity index (χ1) is 12.0. The van der Waals surface area contributed by atoms with E-state index in [4.69, 9.17) is 0 Å². The van der Waals surface area contributed by atoms with E-state index in [0.717, 1.165) is 5.56 Å². The molecular formula is C19H18N2O4. The first-order valence-corrected chi connectivity index (χ1v) is 7.53. The van der Waals surface area contributed by atoms with Gasteiger partial charge in [0.15, 0.2) is 5.78 Å². The van der Waals surface area contributed by atoms with E-state index < -0.39 is 11.9 Å².